The number of piperidine rings is 1. The summed E-state index contributed by atoms with van der Waals surface area (Å²) >= 11 is 0. The van der Waals surface area contributed by atoms with Crippen LogP contribution in [-0.2, 0) is 9.53 Å². The number of rotatable bonds is 3. The van der Waals surface area contributed by atoms with E-state index in [0.29, 0.717) is 6.04 Å². The Labute approximate surface area is 139 Å². The number of nitrogens with one attached hydrogen (secondary N) is 1. The lowest BCUT2D eigenvalue weighted by Gasteiger charge is -2.39. The van der Waals surface area contributed by atoms with Crippen molar-refractivity contribution in [1.29, 1.82) is 0 Å². The number of nitrogens with zero attached hydrogens (tertiary/aromatic N) is 4. The summed E-state index contributed by atoms with van der Waals surface area (Å²) in [5.74, 6) is 0.891. The van der Waals surface area contributed by atoms with Crippen molar-refractivity contribution < 1.29 is 9.53 Å². The fourth-order valence-corrected chi connectivity index (χ4v) is 3.36. The Bertz CT molecular complexity index is 421. The van der Waals surface area contributed by atoms with Gasteiger partial charge in [-0.3, -0.25) is 14.7 Å². The molecule has 0 aromatic heterocycles. The smallest absolute Gasteiger partial charge is 0.308 e. The first-order valence-electron chi connectivity index (χ1n) is 8.47. The lowest BCUT2D eigenvalue weighted by Crippen LogP contribution is -2.56. The Morgan fingerprint density at radius 1 is 1.22 bits per heavy atom. The van der Waals surface area contributed by atoms with Crippen LogP contribution in [0.4, 0.5) is 0 Å². The molecule has 23 heavy (non-hydrogen) atoms. The molecule has 2 fully saturated rings. The van der Waals surface area contributed by atoms with Crippen molar-refractivity contribution in [1.82, 2.24) is 20.0 Å². The molecule has 7 nitrogen and oxygen atoms in total. The van der Waals surface area contributed by atoms with Crippen LogP contribution in [0.25, 0.3) is 0 Å². The minimum atomic E-state index is -0.0838. The summed E-state index contributed by atoms with van der Waals surface area (Å²) in [5, 5.41) is 3.51. The third kappa shape index (κ3) is 4.81. The molecular weight excluding hydrogens is 294 g/mol. The second kappa shape index (κ2) is 8.49. The van der Waals surface area contributed by atoms with E-state index in [2.05, 4.69) is 39.1 Å². The number of carbonyl (C=O) groups is 1. The summed E-state index contributed by atoms with van der Waals surface area (Å²) in [4.78, 5) is 23.0. The SMILES string of the molecule is CN=C(NCC1CN(C)CCN1C)N1CCC(C(=O)OC)CC1. The topological polar surface area (TPSA) is 60.4 Å². The van der Waals surface area contributed by atoms with E-state index < -0.39 is 0 Å². The van der Waals surface area contributed by atoms with Crippen LogP contribution < -0.4 is 5.32 Å². The first kappa shape index (κ1) is 18.0. The van der Waals surface area contributed by atoms with Gasteiger partial charge >= 0.3 is 5.97 Å². The van der Waals surface area contributed by atoms with Gasteiger partial charge in [0, 0.05) is 52.4 Å². The van der Waals surface area contributed by atoms with Crippen molar-refractivity contribution in [2.24, 2.45) is 10.9 Å². The Balaban J connectivity index is 1.81. The van der Waals surface area contributed by atoms with E-state index in [1.807, 2.05) is 7.05 Å². The summed E-state index contributed by atoms with van der Waals surface area (Å²) in [6.45, 7) is 5.89. The maximum absolute atomic E-state index is 11.6. The second-order valence-corrected chi connectivity index (χ2v) is 6.61. The number of ether oxygens (including phenoxy) is 1. The first-order chi connectivity index (χ1) is 11.0. The van der Waals surface area contributed by atoms with Gasteiger partial charge in [-0.1, -0.05) is 0 Å². The molecule has 0 amide bonds. The molecule has 1 atom stereocenters. The lowest BCUT2D eigenvalue weighted by atomic mass is 9.97. The number of aliphatic imine (C=N–C) groups is 1. The minimum absolute atomic E-state index is 0.0347. The molecule has 0 aromatic rings. The number of likely N-dealkylation sites (N-methyl/N-ethyl adjacent to an activating group) is 2. The molecule has 0 aromatic carbocycles. The summed E-state index contributed by atoms with van der Waals surface area (Å²) in [5.41, 5.74) is 0. The van der Waals surface area contributed by atoms with Crippen molar-refractivity contribution in [3.05, 3.63) is 0 Å². The quantitative estimate of drug-likeness (QED) is 0.436. The number of methoxy groups -OCH3 is 1. The molecule has 2 heterocycles. The van der Waals surface area contributed by atoms with Crippen molar-refractivity contribution in [2.75, 3.05) is 67.5 Å². The van der Waals surface area contributed by atoms with Gasteiger partial charge in [0.15, 0.2) is 5.96 Å². The van der Waals surface area contributed by atoms with Crippen LogP contribution in [0, 0.1) is 5.92 Å². The van der Waals surface area contributed by atoms with Gasteiger partial charge in [0.25, 0.3) is 0 Å². The summed E-state index contributed by atoms with van der Waals surface area (Å²) in [7, 11) is 7.65. The highest BCUT2D eigenvalue weighted by molar-refractivity contribution is 5.80. The maximum atomic E-state index is 11.6. The number of hydrogen-bond acceptors (Lipinski definition) is 5. The van der Waals surface area contributed by atoms with E-state index in [0.717, 1.165) is 58.1 Å². The van der Waals surface area contributed by atoms with Crippen molar-refractivity contribution >= 4 is 11.9 Å². The summed E-state index contributed by atoms with van der Waals surface area (Å²) < 4.78 is 4.85. The van der Waals surface area contributed by atoms with Crippen LogP contribution in [0.1, 0.15) is 12.8 Å². The van der Waals surface area contributed by atoms with Gasteiger partial charge in [-0.2, -0.15) is 0 Å². The standard InChI is InChI=1S/C16H31N5O2/c1-17-16(18-11-14-12-19(2)9-10-20(14)3)21-7-5-13(6-8-21)15(22)23-4/h13-14H,5-12H2,1-4H3,(H,17,18). The summed E-state index contributed by atoms with van der Waals surface area (Å²) in [6.07, 6.45) is 1.67. The number of piperazine rings is 1. The van der Waals surface area contributed by atoms with Gasteiger partial charge in [0.1, 0.15) is 0 Å². The predicted octanol–water partition coefficient (Wildman–Crippen LogP) is -0.307. The normalized spacial score (nSPS) is 25.5. The van der Waals surface area contributed by atoms with E-state index in [9.17, 15) is 4.79 Å². The molecule has 0 radical (unpaired) electrons. The van der Waals surface area contributed by atoms with E-state index in [1.165, 1.54) is 7.11 Å². The van der Waals surface area contributed by atoms with Gasteiger partial charge in [-0.25, -0.2) is 0 Å². The van der Waals surface area contributed by atoms with E-state index in [-0.39, 0.29) is 11.9 Å². The van der Waals surface area contributed by atoms with Crippen LogP contribution in [0.5, 0.6) is 0 Å². The maximum Gasteiger partial charge on any atom is 0.308 e. The van der Waals surface area contributed by atoms with E-state index in [1.54, 1.807) is 0 Å². The Morgan fingerprint density at radius 3 is 2.52 bits per heavy atom. The van der Waals surface area contributed by atoms with Gasteiger partial charge in [0.05, 0.1) is 13.0 Å². The predicted molar refractivity (Wildman–Crippen MR) is 91.6 cm³/mol. The zero-order valence-electron chi connectivity index (χ0n) is 14.9. The number of esters is 1. The number of guanidine groups is 1. The Kier molecular flexibility index (Phi) is 6.65. The average molecular weight is 325 g/mol. The fourth-order valence-electron chi connectivity index (χ4n) is 3.36. The molecule has 0 bridgehead atoms. The van der Waals surface area contributed by atoms with Crippen LogP contribution in [0.3, 0.4) is 0 Å². The molecule has 0 saturated carbocycles. The van der Waals surface area contributed by atoms with Gasteiger partial charge < -0.3 is 19.9 Å². The highest BCUT2D eigenvalue weighted by atomic mass is 16.5. The molecule has 2 aliphatic heterocycles. The van der Waals surface area contributed by atoms with Crippen LogP contribution >= 0.6 is 0 Å². The second-order valence-electron chi connectivity index (χ2n) is 6.61. The number of hydrogen-bond donors (Lipinski definition) is 1. The number of likely N-dealkylation sites (tertiary alicyclic amines) is 1. The van der Waals surface area contributed by atoms with Crippen LogP contribution in [0.2, 0.25) is 0 Å². The molecule has 2 rings (SSSR count). The molecular formula is C16H31N5O2. The highest BCUT2D eigenvalue weighted by Gasteiger charge is 2.28. The fraction of sp³-hybridized carbons (Fsp3) is 0.875. The third-order valence-corrected chi connectivity index (χ3v) is 5.02. The van der Waals surface area contributed by atoms with Gasteiger partial charge in [-0.15, -0.1) is 0 Å². The molecule has 132 valence electrons. The molecule has 2 aliphatic rings. The van der Waals surface area contributed by atoms with Crippen molar-refractivity contribution in [2.45, 2.75) is 18.9 Å². The Morgan fingerprint density at radius 2 is 1.91 bits per heavy atom. The molecule has 1 N–H and O–H groups in total. The molecule has 1 unspecified atom stereocenters. The largest absolute Gasteiger partial charge is 0.469 e. The van der Waals surface area contributed by atoms with Crippen LogP contribution in [0.15, 0.2) is 4.99 Å². The van der Waals surface area contributed by atoms with E-state index in [4.69, 9.17) is 4.74 Å². The molecule has 0 spiro atoms. The summed E-state index contributed by atoms with van der Waals surface area (Å²) in [6, 6.07) is 0.498. The zero-order valence-corrected chi connectivity index (χ0v) is 14.9. The number of carbonyl (C=O) groups excluding carboxylic acids is 1. The molecule has 0 aliphatic carbocycles. The van der Waals surface area contributed by atoms with Gasteiger partial charge in [0.2, 0.25) is 0 Å². The first-order valence-corrected chi connectivity index (χ1v) is 8.47. The van der Waals surface area contributed by atoms with Crippen LogP contribution in [-0.4, -0.2) is 100 Å². The molecule has 2 saturated heterocycles. The van der Waals surface area contributed by atoms with E-state index >= 15 is 0 Å². The highest BCUT2D eigenvalue weighted by Crippen LogP contribution is 2.18. The third-order valence-electron chi connectivity index (χ3n) is 5.02. The Hall–Kier alpha value is -1.34. The van der Waals surface area contributed by atoms with Crippen molar-refractivity contribution in [3.8, 4) is 0 Å². The average Bonchev–Trinajstić information content (AvgIpc) is 2.58. The molecule has 7 heteroatoms. The lowest BCUT2D eigenvalue weighted by molar-refractivity contribution is -0.146. The zero-order chi connectivity index (χ0) is 16.8. The van der Waals surface area contributed by atoms with Gasteiger partial charge in [-0.05, 0) is 26.9 Å². The monoisotopic (exact) mass is 325 g/mol. The van der Waals surface area contributed by atoms with Crippen molar-refractivity contribution in [3.63, 3.8) is 0 Å². The minimum Gasteiger partial charge on any atom is -0.469 e.